The maximum atomic E-state index is 13.7. The molecule has 21 heavy (non-hydrogen) atoms. The first-order valence-corrected chi connectivity index (χ1v) is 7.29. The Morgan fingerprint density at radius 3 is 2.90 bits per heavy atom. The van der Waals surface area contributed by atoms with Gasteiger partial charge in [-0.3, -0.25) is 14.6 Å². The second-order valence-electron chi connectivity index (χ2n) is 5.79. The number of carbonyl (C=O) groups is 2. The SMILES string of the molecule is O=C(c1ccncc1F)N1CCCC2(CCNC2=O)CC1. The molecule has 112 valence electrons. The van der Waals surface area contributed by atoms with Crippen molar-refractivity contribution < 1.29 is 14.0 Å². The number of pyridine rings is 1. The van der Waals surface area contributed by atoms with Gasteiger partial charge in [0.1, 0.15) is 0 Å². The first-order chi connectivity index (χ1) is 10.1. The summed E-state index contributed by atoms with van der Waals surface area (Å²) in [5.74, 6) is -0.808. The number of carbonyl (C=O) groups excluding carboxylic acids is 2. The van der Waals surface area contributed by atoms with Crippen LogP contribution < -0.4 is 5.32 Å². The Morgan fingerprint density at radius 2 is 2.19 bits per heavy atom. The van der Waals surface area contributed by atoms with Crippen LogP contribution in [0.5, 0.6) is 0 Å². The highest BCUT2D eigenvalue weighted by Crippen LogP contribution is 2.38. The fourth-order valence-corrected chi connectivity index (χ4v) is 3.31. The summed E-state index contributed by atoms with van der Waals surface area (Å²) in [4.78, 5) is 29.7. The fraction of sp³-hybridized carbons (Fsp3) is 0.533. The highest BCUT2D eigenvalue weighted by Gasteiger charge is 2.43. The number of halogens is 1. The molecule has 1 spiro atoms. The second-order valence-corrected chi connectivity index (χ2v) is 5.79. The van der Waals surface area contributed by atoms with E-state index in [4.69, 9.17) is 0 Å². The summed E-state index contributed by atoms with van der Waals surface area (Å²) >= 11 is 0. The van der Waals surface area contributed by atoms with Crippen LogP contribution in [0.2, 0.25) is 0 Å². The van der Waals surface area contributed by atoms with Gasteiger partial charge < -0.3 is 10.2 Å². The molecule has 0 bridgehead atoms. The maximum Gasteiger partial charge on any atom is 0.256 e. The molecule has 1 aromatic rings. The molecule has 1 atom stereocenters. The fourth-order valence-electron chi connectivity index (χ4n) is 3.31. The van der Waals surface area contributed by atoms with Crippen molar-refractivity contribution in [2.75, 3.05) is 19.6 Å². The Morgan fingerprint density at radius 1 is 1.33 bits per heavy atom. The predicted molar refractivity (Wildman–Crippen MR) is 74.0 cm³/mol. The van der Waals surface area contributed by atoms with Gasteiger partial charge in [0, 0.05) is 25.8 Å². The quantitative estimate of drug-likeness (QED) is 0.849. The third kappa shape index (κ3) is 2.50. The second kappa shape index (κ2) is 5.42. The zero-order valence-electron chi connectivity index (χ0n) is 11.8. The van der Waals surface area contributed by atoms with E-state index < -0.39 is 5.82 Å². The number of rotatable bonds is 1. The van der Waals surface area contributed by atoms with E-state index >= 15 is 0 Å². The maximum absolute atomic E-state index is 13.7. The molecular formula is C15H18FN3O2. The van der Waals surface area contributed by atoms with Crippen LogP contribution in [-0.2, 0) is 4.79 Å². The van der Waals surface area contributed by atoms with Crippen LogP contribution in [0.1, 0.15) is 36.0 Å². The largest absolute Gasteiger partial charge is 0.356 e. The van der Waals surface area contributed by atoms with Crippen LogP contribution in [0, 0.1) is 11.2 Å². The molecule has 2 fully saturated rings. The number of nitrogens with zero attached hydrogens (tertiary/aromatic N) is 2. The molecule has 1 N–H and O–H groups in total. The van der Waals surface area contributed by atoms with Crippen molar-refractivity contribution in [3.8, 4) is 0 Å². The average Bonchev–Trinajstić information content (AvgIpc) is 2.71. The van der Waals surface area contributed by atoms with E-state index in [0.29, 0.717) is 26.1 Å². The lowest BCUT2D eigenvalue weighted by Crippen LogP contribution is -2.35. The Kier molecular flexibility index (Phi) is 3.61. The molecule has 1 unspecified atom stereocenters. The molecule has 2 saturated heterocycles. The third-order valence-corrected chi connectivity index (χ3v) is 4.60. The summed E-state index contributed by atoms with van der Waals surface area (Å²) in [7, 11) is 0. The molecule has 2 aliphatic heterocycles. The Bertz CT molecular complexity index is 578. The highest BCUT2D eigenvalue weighted by atomic mass is 19.1. The van der Waals surface area contributed by atoms with Crippen molar-refractivity contribution in [3.05, 3.63) is 29.8 Å². The van der Waals surface area contributed by atoms with Gasteiger partial charge in [-0.05, 0) is 31.7 Å². The normalized spacial score (nSPS) is 25.8. The first-order valence-electron chi connectivity index (χ1n) is 7.29. The molecule has 3 heterocycles. The molecule has 1 aromatic heterocycles. The molecule has 5 nitrogen and oxygen atoms in total. The molecule has 2 amide bonds. The summed E-state index contributed by atoms with van der Waals surface area (Å²) in [5, 5.41) is 2.88. The van der Waals surface area contributed by atoms with Gasteiger partial charge in [-0.1, -0.05) is 0 Å². The minimum atomic E-state index is -0.597. The van der Waals surface area contributed by atoms with E-state index in [1.807, 2.05) is 0 Å². The van der Waals surface area contributed by atoms with Gasteiger partial charge in [0.05, 0.1) is 17.2 Å². The van der Waals surface area contributed by atoms with Crippen molar-refractivity contribution >= 4 is 11.8 Å². The van der Waals surface area contributed by atoms with Crippen LogP contribution in [0.4, 0.5) is 4.39 Å². The van der Waals surface area contributed by atoms with Crippen LogP contribution >= 0.6 is 0 Å². The zero-order chi connectivity index (χ0) is 14.9. The lowest BCUT2D eigenvalue weighted by atomic mass is 9.79. The Hall–Kier alpha value is -1.98. The summed E-state index contributed by atoms with van der Waals surface area (Å²) in [6.07, 6.45) is 5.51. The lowest BCUT2D eigenvalue weighted by Gasteiger charge is -2.24. The molecule has 0 radical (unpaired) electrons. The minimum absolute atomic E-state index is 0.0526. The van der Waals surface area contributed by atoms with Crippen molar-refractivity contribution in [2.45, 2.75) is 25.7 Å². The van der Waals surface area contributed by atoms with Crippen molar-refractivity contribution in [1.29, 1.82) is 0 Å². The molecular weight excluding hydrogens is 273 g/mol. The summed E-state index contributed by atoms with van der Waals surface area (Å²) < 4.78 is 13.7. The topological polar surface area (TPSA) is 62.3 Å². The van der Waals surface area contributed by atoms with E-state index in [1.165, 1.54) is 12.3 Å². The Balaban J connectivity index is 1.75. The smallest absolute Gasteiger partial charge is 0.256 e. The van der Waals surface area contributed by atoms with Crippen LogP contribution in [0.25, 0.3) is 0 Å². The van der Waals surface area contributed by atoms with Gasteiger partial charge >= 0.3 is 0 Å². The van der Waals surface area contributed by atoms with Crippen molar-refractivity contribution in [3.63, 3.8) is 0 Å². The number of hydrogen-bond donors (Lipinski definition) is 1. The summed E-state index contributed by atoms with van der Waals surface area (Å²) in [5.41, 5.74) is -0.275. The van der Waals surface area contributed by atoms with Gasteiger partial charge in [-0.25, -0.2) is 4.39 Å². The first kappa shape index (κ1) is 14.0. The molecule has 6 heteroatoms. The summed E-state index contributed by atoms with van der Waals surface area (Å²) in [6.45, 7) is 1.77. The van der Waals surface area contributed by atoms with Gasteiger partial charge in [-0.15, -0.1) is 0 Å². The number of amides is 2. The van der Waals surface area contributed by atoms with Crippen LogP contribution in [0.15, 0.2) is 18.5 Å². The van der Waals surface area contributed by atoms with Gasteiger partial charge in [0.25, 0.3) is 5.91 Å². The molecule has 2 aliphatic rings. The predicted octanol–water partition coefficient (Wildman–Crippen LogP) is 1.35. The van der Waals surface area contributed by atoms with E-state index in [2.05, 4.69) is 10.3 Å². The van der Waals surface area contributed by atoms with E-state index in [1.54, 1.807) is 4.90 Å². The lowest BCUT2D eigenvalue weighted by molar-refractivity contribution is -0.128. The van der Waals surface area contributed by atoms with Crippen LogP contribution in [-0.4, -0.2) is 41.3 Å². The Labute approximate surface area is 122 Å². The molecule has 3 rings (SSSR count). The molecule has 0 aliphatic carbocycles. The number of aromatic nitrogens is 1. The summed E-state index contributed by atoms with van der Waals surface area (Å²) in [6, 6.07) is 1.40. The van der Waals surface area contributed by atoms with Gasteiger partial charge in [-0.2, -0.15) is 0 Å². The monoisotopic (exact) mass is 291 g/mol. The average molecular weight is 291 g/mol. The molecule has 0 saturated carbocycles. The van der Waals surface area contributed by atoms with E-state index in [-0.39, 0.29) is 22.8 Å². The number of hydrogen-bond acceptors (Lipinski definition) is 3. The minimum Gasteiger partial charge on any atom is -0.356 e. The van der Waals surface area contributed by atoms with Crippen LogP contribution in [0.3, 0.4) is 0 Å². The number of nitrogens with one attached hydrogen (secondary N) is 1. The van der Waals surface area contributed by atoms with Gasteiger partial charge in [0.2, 0.25) is 5.91 Å². The van der Waals surface area contributed by atoms with Gasteiger partial charge in [0.15, 0.2) is 5.82 Å². The standard InChI is InChI=1S/C15H18FN3O2/c16-12-10-17-6-2-11(12)13(20)19-8-1-3-15(5-9-19)4-7-18-14(15)21/h2,6,10H,1,3-5,7-9H2,(H,18,21). The number of likely N-dealkylation sites (tertiary alicyclic amines) is 1. The van der Waals surface area contributed by atoms with E-state index in [9.17, 15) is 14.0 Å². The highest BCUT2D eigenvalue weighted by molar-refractivity contribution is 5.94. The molecule has 0 aromatic carbocycles. The van der Waals surface area contributed by atoms with Crippen molar-refractivity contribution in [1.82, 2.24) is 15.2 Å². The zero-order valence-corrected chi connectivity index (χ0v) is 11.8. The van der Waals surface area contributed by atoms with E-state index in [0.717, 1.165) is 25.5 Å². The van der Waals surface area contributed by atoms with Crippen molar-refractivity contribution in [2.24, 2.45) is 5.41 Å². The third-order valence-electron chi connectivity index (χ3n) is 4.60.